The molecule has 0 atom stereocenters. The van der Waals surface area contributed by atoms with Gasteiger partial charge in [-0.15, -0.1) is 0 Å². The summed E-state index contributed by atoms with van der Waals surface area (Å²) in [4.78, 5) is 4.73. The van der Waals surface area contributed by atoms with Crippen molar-refractivity contribution in [2.24, 2.45) is 5.92 Å². The van der Waals surface area contributed by atoms with Gasteiger partial charge in [0.15, 0.2) is 0 Å². The molecule has 2 saturated heterocycles. The molecule has 0 aliphatic carbocycles. The van der Waals surface area contributed by atoms with E-state index < -0.39 is 0 Å². The van der Waals surface area contributed by atoms with Crippen molar-refractivity contribution in [3.63, 3.8) is 0 Å². The van der Waals surface area contributed by atoms with Gasteiger partial charge < -0.3 is 14.5 Å². The molecule has 0 unspecified atom stereocenters. The Labute approximate surface area is 130 Å². The molecule has 2 rings (SSSR count). The Morgan fingerprint density at radius 2 is 1.52 bits per heavy atom. The van der Waals surface area contributed by atoms with Crippen molar-refractivity contribution in [2.45, 2.75) is 52.6 Å². The summed E-state index contributed by atoms with van der Waals surface area (Å²) >= 11 is 0. The summed E-state index contributed by atoms with van der Waals surface area (Å²) in [7, 11) is 0. The first-order valence-corrected chi connectivity index (χ1v) is 8.94. The van der Waals surface area contributed by atoms with E-state index in [4.69, 9.17) is 4.74 Å². The number of ether oxygens (including phenoxy) is 1. The third-order valence-electron chi connectivity index (χ3n) is 4.66. The van der Waals surface area contributed by atoms with Crippen LogP contribution in [0, 0.1) is 5.92 Å². The number of piperidine rings is 2. The van der Waals surface area contributed by atoms with Crippen LogP contribution >= 0.6 is 0 Å². The molecule has 0 bridgehead atoms. The van der Waals surface area contributed by atoms with E-state index in [-0.39, 0.29) is 6.67 Å². The fourth-order valence-corrected chi connectivity index (χ4v) is 3.16. The van der Waals surface area contributed by atoms with Crippen LogP contribution in [-0.2, 0) is 4.74 Å². The van der Waals surface area contributed by atoms with E-state index in [1.54, 1.807) is 0 Å². The van der Waals surface area contributed by atoms with Crippen LogP contribution in [0.1, 0.15) is 46.5 Å². The first-order chi connectivity index (χ1) is 10.3. The van der Waals surface area contributed by atoms with Crippen LogP contribution in [-0.4, -0.2) is 68.5 Å². The van der Waals surface area contributed by atoms with Gasteiger partial charge in [0.2, 0.25) is 0 Å². The molecule has 126 valence electrons. The number of hydrogen-bond donors (Lipinski definition) is 0. The Bertz CT molecular complexity index is 237. The molecule has 2 aliphatic rings. The van der Waals surface area contributed by atoms with Crippen molar-refractivity contribution in [3.8, 4) is 0 Å². The number of alkyl halides is 1. The lowest BCUT2D eigenvalue weighted by Gasteiger charge is -2.34. The maximum atomic E-state index is 12.3. The third kappa shape index (κ3) is 7.07. The number of likely N-dealkylation sites (tertiary alicyclic amines) is 2. The molecule has 0 aromatic carbocycles. The zero-order chi connectivity index (χ0) is 15.5. The molecule has 0 aromatic heterocycles. The van der Waals surface area contributed by atoms with Gasteiger partial charge in [0.25, 0.3) is 0 Å². The van der Waals surface area contributed by atoms with Crippen molar-refractivity contribution < 1.29 is 9.13 Å². The summed E-state index contributed by atoms with van der Waals surface area (Å²) in [6, 6.07) is 0. The van der Waals surface area contributed by atoms with Crippen LogP contribution in [0.4, 0.5) is 4.39 Å². The van der Waals surface area contributed by atoms with Crippen LogP contribution < -0.4 is 0 Å². The number of hydrogen-bond acceptors (Lipinski definition) is 3. The monoisotopic (exact) mass is 302 g/mol. The molecular weight excluding hydrogens is 267 g/mol. The van der Waals surface area contributed by atoms with Gasteiger partial charge in [-0.25, -0.2) is 4.39 Å². The minimum absolute atomic E-state index is 0.211. The molecule has 2 fully saturated rings. The predicted molar refractivity (Wildman–Crippen MR) is 87.6 cm³/mol. The SMILES string of the molecule is CC.CCN1CCC(OCC2CCN(CCF)CC2)CC1. The second-order valence-corrected chi connectivity index (χ2v) is 5.94. The smallest absolute Gasteiger partial charge is 0.102 e. The molecule has 2 heterocycles. The van der Waals surface area contributed by atoms with E-state index >= 15 is 0 Å². The number of halogens is 1. The molecular formula is C17H35FN2O. The van der Waals surface area contributed by atoms with Crippen molar-refractivity contribution in [3.05, 3.63) is 0 Å². The lowest BCUT2D eigenvalue weighted by atomic mass is 9.97. The van der Waals surface area contributed by atoms with Crippen LogP contribution in [0.25, 0.3) is 0 Å². The number of nitrogens with zero attached hydrogens (tertiary/aromatic N) is 2. The standard InChI is InChI=1S/C15H29FN2O.C2H6/c1-2-17-10-5-15(6-11-17)19-13-14-3-8-18(9-4-14)12-7-16;1-2/h14-15H,2-13H2,1H3;1-2H3. The molecule has 0 N–H and O–H groups in total. The third-order valence-corrected chi connectivity index (χ3v) is 4.66. The van der Waals surface area contributed by atoms with Gasteiger partial charge in [0.1, 0.15) is 6.67 Å². The molecule has 0 amide bonds. The Morgan fingerprint density at radius 3 is 2.05 bits per heavy atom. The molecule has 3 nitrogen and oxygen atoms in total. The highest BCUT2D eigenvalue weighted by Crippen LogP contribution is 2.20. The van der Waals surface area contributed by atoms with E-state index in [0.29, 0.717) is 18.6 Å². The normalized spacial score (nSPS) is 22.9. The summed E-state index contributed by atoms with van der Waals surface area (Å²) < 4.78 is 18.3. The maximum Gasteiger partial charge on any atom is 0.102 e. The lowest BCUT2D eigenvalue weighted by Crippen LogP contribution is -2.39. The average molecular weight is 302 g/mol. The van der Waals surface area contributed by atoms with Gasteiger partial charge in [0, 0.05) is 26.2 Å². The average Bonchev–Trinajstić information content (AvgIpc) is 2.57. The van der Waals surface area contributed by atoms with Crippen LogP contribution in [0.2, 0.25) is 0 Å². The largest absolute Gasteiger partial charge is 0.378 e. The minimum atomic E-state index is -0.211. The Kier molecular flexibility index (Phi) is 10.2. The van der Waals surface area contributed by atoms with Gasteiger partial charge in [-0.05, 0) is 51.2 Å². The van der Waals surface area contributed by atoms with Gasteiger partial charge in [-0.2, -0.15) is 0 Å². The Balaban J connectivity index is 0.00000106. The second-order valence-electron chi connectivity index (χ2n) is 5.94. The Morgan fingerprint density at radius 1 is 0.952 bits per heavy atom. The quantitative estimate of drug-likeness (QED) is 0.749. The highest BCUT2D eigenvalue weighted by molar-refractivity contribution is 4.75. The maximum absolute atomic E-state index is 12.3. The van der Waals surface area contributed by atoms with Gasteiger partial charge in [-0.1, -0.05) is 20.8 Å². The second kappa shape index (κ2) is 11.4. The molecule has 0 spiro atoms. The Hall–Kier alpha value is -0.190. The van der Waals surface area contributed by atoms with E-state index in [0.717, 1.165) is 19.7 Å². The van der Waals surface area contributed by atoms with Gasteiger partial charge in [0.05, 0.1) is 6.10 Å². The van der Waals surface area contributed by atoms with E-state index in [1.807, 2.05) is 13.8 Å². The van der Waals surface area contributed by atoms with E-state index in [2.05, 4.69) is 16.7 Å². The fourth-order valence-electron chi connectivity index (χ4n) is 3.16. The van der Waals surface area contributed by atoms with Crippen molar-refractivity contribution in [1.29, 1.82) is 0 Å². The molecule has 0 radical (unpaired) electrons. The van der Waals surface area contributed by atoms with Crippen molar-refractivity contribution in [1.82, 2.24) is 9.80 Å². The zero-order valence-electron chi connectivity index (χ0n) is 14.3. The first kappa shape index (κ1) is 18.9. The topological polar surface area (TPSA) is 15.7 Å². The molecule has 21 heavy (non-hydrogen) atoms. The lowest BCUT2D eigenvalue weighted by molar-refractivity contribution is -0.0186. The van der Waals surface area contributed by atoms with Crippen LogP contribution in [0.15, 0.2) is 0 Å². The number of rotatable bonds is 6. The van der Waals surface area contributed by atoms with E-state index in [9.17, 15) is 4.39 Å². The highest BCUT2D eigenvalue weighted by Gasteiger charge is 2.22. The summed E-state index contributed by atoms with van der Waals surface area (Å²) in [6.07, 6.45) is 5.21. The van der Waals surface area contributed by atoms with E-state index in [1.165, 1.54) is 45.3 Å². The molecule has 0 aromatic rings. The van der Waals surface area contributed by atoms with Crippen LogP contribution in [0.3, 0.4) is 0 Å². The summed E-state index contributed by atoms with van der Waals surface area (Å²) in [5.74, 6) is 0.695. The molecule has 2 aliphatic heterocycles. The van der Waals surface area contributed by atoms with Gasteiger partial charge >= 0.3 is 0 Å². The summed E-state index contributed by atoms with van der Waals surface area (Å²) in [6.45, 7) is 13.2. The minimum Gasteiger partial charge on any atom is -0.378 e. The zero-order valence-corrected chi connectivity index (χ0v) is 14.3. The fraction of sp³-hybridized carbons (Fsp3) is 1.00. The molecule has 4 heteroatoms. The summed E-state index contributed by atoms with van der Waals surface area (Å²) in [5.41, 5.74) is 0. The highest BCUT2D eigenvalue weighted by atomic mass is 19.1. The van der Waals surface area contributed by atoms with Crippen LogP contribution in [0.5, 0.6) is 0 Å². The van der Waals surface area contributed by atoms with Crippen molar-refractivity contribution >= 4 is 0 Å². The first-order valence-electron chi connectivity index (χ1n) is 8.94. The van der Waals surface area contributed by atoms with Crippen molar-refractivity contribution in [2.75, 3.05) is 52.6 Å². The molecule has 0 saturated carbocycles. The summed E-state index contributed by atoms with van der Waals surface area (Å²) in [5, 5.41) is 0. The predicted octanol–water partition coefficient (Wildman–Crippen LogP) is 3.20. The van der Waals surface area contributed by atoms with Gasteiger partial charge in [-0.3, -0.25) is 0 Å².